The first-order valence-electron chi connectivity index (χ1n) is 14.9. The topological polar surface area (TPSA) is 83.8 Å². The van der Waals surface area contributed by atoms with Gasteiger partial charge in [0.05, 0.1) is 49.3 Å². The van der Waals surface area contributed by atoms with Crippen LogP contribution in [-0.4, -0.2) is 63.3 Å². The van der Waals surface area contributed by atoms with E-state index < -0.39 is 24.8 Å². The summed E-state index contributed by atoms with van der Waals surface area (Å²) in [5, 5.41) is 0. The molecule has 0 aliphatic heterocycles. The third-order valence-corrected chi connectivity index (χ3v) is 18.1. The summed E-state index contributed by atoms with van der Waals surface area (Å²) >= 11 is 0. The van der Waals surface area contributed by atoms with Crippen molar-refractivity contribution in [2.45, 2.75) is 131 Å². The number of unbranched alkanes of at least 4 members (excludes halogenated alkanes) is 7. The van der Waals surface area contributed by atoms with Crippen molar-refractivity contribution in [3.05, 3.63) is 0 Å². The van der Waals surface area contributed by atoms with Gasteiger partial charge in [0.1, 0.15) is 0 Å². The molecule has 0 fully saturated rings. The number of rotatable bonds is 23. The van der Waals surface area contributed by atoms with Gasteiger partial charge in [0.15, 0.2) is 0 Å². The standard InChI is InChI=1S/C28H62P2.ClH3O4/c1-7-21-29(22-8-2,23-9-3)27-19-17-15-13-14-16-18-20-28-30(24-10-4,25-11-5)26-12-6;2-1(3,4)5/h7-28H2,1-6H3;2-4H/q+2;. The summed E-state index contributed by atoms with van der Waals surface area (Å²) in [6, 6.07) is 0. The van der Waals surface area contributed by atoms with Crippen LogP contribution in [0.5, 0.6) is 0 Å². The Balaban J connectivity index is 0. The fraction of sp³-hybridized carbons (Fsp3) is 1.00. The third-order valence-electron chi connectivity index (χ3n) is 7.20. The van der Waals surface area contributed by atoms with E-state index in [2.05, 4.69) is 41.5 Å². The van der Waals surface area contributed by atoms with Crippen LogP contribution in [0.15, 0.2) is 0 Å². The van der Waals surface area contributed by atoms with Crippen molar-refractivity contribution < 1.29 is 28.9 Å². The molecule has 0 saturated carbocycles. The van der Waals surface area contributed by atoms with Crippen molar-refractivity contribution >= 4 is 14.5 Å². The van der Waals surface area contributed by atoms with Crippen molar-refractivity contribution in [3.63, 3.8) is 0 Å². The Morgan fingerprint density at radius 2 is 0.571 bits per heavy atom. The van der Waals surface area contributed by atoms with Crippen LogP contribution in [0.25, 0.3) is 0 Å². The predicted molar refractivity (Wildman–Crippen MR) is 158 cm³/mol. The normalized spacial score (nSPS) is 13.0. The maximum absolute atomic E-state index is 8.83. The van der Waals surface area contributed by atoms with Crippen LogP contribution in [0.4, 0.5) is 0 Å². The van der Waals surface area contributed by atoms with Gasteiger partial charge in [0.25, 0.3) is 0 Å². The molecule has 0 radical (unpaired) electrons. The van der Waals surface area contributed by atoms with Crippen molar-refractivity contribution in [2.24, 2.45) is 0 Å². The molecule has 0 aliphatic carbocycles. The van der Waals surface area contributed by atoms with Crippen molar-refractivity contribution in [2.75, 3.05) is 49.3 Å². The van der Waals surface area contributed by atoms with E-state index in [9.17, 15) is 0 Å². The van der Waals surface area contributed by atoms with Gasteiger partial charge in [-0.25, -0.2) is 0 Å². The van der Waals surface area contributed by atoms with Crippen LogP contribution in [-0.2, 0) is 0 Å². The first-order chi connectivity index (χ1) is 16.6. The van der Waals surface area contributed by atoms with E-state index in [0.717, 1.165) is 0 Å². The molecule has 0 unspecified atom stereocenters. The molecule has 0 aliphatic rings. The second-order valence-electron chi connectivity index (χ2n) is 10.7. The molecule has 0 saturated heterocycles. The number of hydrogen-bond donors (Lipinski definition) is 3. The number of hydrogen-bond acceptors (Lipinski definition) is 4. The molecule has 0 atom stereocenters. The predicted octanol–water partition coefficient (Wildman–Crippen LogP) is 7.74. The van der Waals surface area contributed by atoms with E-state index in [0.29, 0.717) is 0 Å². The number of halogens is 1. The molecule has 0 heterocycles. The summed E-state index contributed by atoms with van der Waals surface area (Å²) < 4.78 is 30.2. The minimum absolute atomic E-state index is 0.597. The fourth-order valence-electron chi connectivity index (χ4n) is 6.14. The second kappa shape index (κ2) is 24.1. The molecule has 0 rings (SSSR count). The SMILES string of the molecule is CCC[P+](CCC)(CCC)CCCCCCCCCC[P+](CCC)(CCC)CCC.[O-][Cl+](O)(O)O. The Hall–Kier alpha value is 0.990. The van der Waals surface area contributed by atoms with Crippen molar-refractivity contribution in [3.8, 4) is 0 Å². The van der Waals surface area contributed by atoms with E-state index in [4.69, 9.17) is 18.6 Å². The van der Waals surface area contributed by atoms with Gasteiger partial charge in [-0.15, -0.1) is 0 Å². The van der Waals surface area contributed by atoms with Gasteiger partial charge in [-0.05, 0) is 64.2 Å². The molecule has 35 heavy (non-hydrogen) atoms. The van der Waals surface area contributed by atoms with Crippen LogP contribution in [0.3, 0.4) is 0 Å². The third kappa shape index (κ3) is 23.8. The molecule has 0 amide bonds. The molecule has 216 valence electrons. The van der Waals surface area contributed by atoms with Crippen molar-refractivity contribution in [1.29, 1.82) is 0 Å². The Bertz CT molecular complexity index is 373. The van der Waals surface area contributed by atoms with Crippen LogP contribution in [0.2, 0.25) is 0 Å². The molecular weight excluding hydrogens is 498 g/mol. The zero-order chi connectivity index (χ0) is 27.1. The monoisotopic (exact) mass is 562 g/mol. The summed E-state index contributed by atoms with van der Waals surface area (Å²) in [5.41, 5.74) is 0. The summed E-state index contributed by atoms with van der Waals surface area (Å²) in [5.74, 6) is 0. The summed E-state index contributed by atoms with van der Waals surface area (Å²) in [6.07, 6.45) is 33.3. The summed E-state index contributed by atoms with van der Waals surface area (Å²) in [4.78, 5) is 0. The van der Waals surface area contributed by atoms with Crippen LogP contribution in [0, 0.1) is 10.2 Å². The Kier molecular flexibility index (Phi) is 26.2. The van der Waals surface area contributed by atoms with Gasteiger partial charge >= 0.3 is 28.9 Å². The maximum atomic E-state index is 8.83. The van der Waals surface area contributed by atoms with E-state index in [1.807, 2.05) is 0 Å². The van der Waals surface area contributed by atoms with Gasteiger partial charge in [0, 0.05) is 14.5 Å². The van der Waals surface area contributed by atoms with Gasteiger partial charge in [-0.2, -0.15) is 0 Å². The molecular formula is C28H65ClO4P2+2. The van der Waals surface area contributed by atoms with Gasteiger partial charge in [-0.3, -0.25) is 0 Å². The molecule has 3 N–H and O–H groups in total. The molecule has 0 spiro atoms. The zero-order valence-corrected chi connectivity index (χ0v) is 27.1. The van der Waals surface area contributed by atoms with E-state index in [1.54, 1.807) is 49.3 Å². The molecule has 0 bridgehead atoms. The molecule has 7 heteroatoms. The van der Waals surface area contributed by atoms with E-state index in [-0.39, 0.29) is 0 Å². The molecule has 0 aromatic carbocycles. The van der Waals surface area contributed by atoms with Crippen LogP contribution in [0.1, 0.15) is 131 Å². The minimum atomic E-state index is -4.19. The summed E-state index contributed by atoms with van der Waals surface area (Å²) in [6.45, 7) is 14.5. The summed E-state index contributed by atoms with van der Waals surface area (Å²) in [7, 11) is -5.39. The van der Waals surface area contributed by atoms with Gasteiger partial charge in [-0.1, -0.05) is 67.2 Å². The Morgan fingerprint density at radius 3 is 0.743 bits per heavy atom. The molecule has 0 aromatic rings. The van der Waals surface area contributed by atoms with E-state index in [1.165, 1.54) is 89.9 Å². The van der Waals surface area contributed by atoms with Crippen LogP contribution >= 0.6 is 14.5 Å². The Morgan fingerprint density at radius 1 is 0.400 bits per heavy atom. The quantitative estimate of drug-likeness (QED) is 0.0878. The van der Waals surface area contributed by atoms with E-state index >= 15 is 0 Å². The van der Waals surface area contributed by atoms with Gasteiger partial charge in [0.2, 0.25) is 0 Å². The van der Waals surface area contributed by atoms with Crippen LogP contribution < -0.4 is 4.66 Å². The average Bonchev–Trinajstić information content (AvgIpc) is 2.75. The Labute approximate surface area is 223 Å². The van der Waals surface area contributed by atoms with Gasteiger partial charge < -0.3 is 0 Å². The molecule has 4 nitrogen and oxygen atoms in total. The first-order valence-corrected chi connectivity index (χ1v) is 21.3. The zero-order valence-electron chi connectivity index (χ0n) is 24.6. The first kappa shape index (κ1) is 38.1. The second-order valence-corrected chi connectivity index (χ2v) is 20.5. The average molecular weight is 563 g/mol. The van der Waals surface area contributed by atoms with Crippen molar-refractivity contribution in [1.82, 2.24) is 0 Å². The molecule has 0 aromatic heterocycles. The fourth-order valence-corrected chi connectivity index (χ4v) is 16.3.